The smallest absolute Gasteiger partial charge is 0.411 e. The van der Waals surface area contributed by atoms with E-state index in [1.165, 1.54) is 7.05 Å². The van der Waals surface area contributed by atoms with E-state index in [4.69, 9.17) is 9.84 Å². The fourth-order valence-corrected chi connectivity index (χ4v) is 1.24. The van der Waals surface area contributed by atoms with Crippen molar-refractivity contribution in [2.75, 3.05) is 11.9 Å². The van der Waals surface area contributed by atoms with E-state index in [-0.39, 0.29) is 6.10 Å². The molecule has 1 amide bonds. The van der Waals surface area contributed by atoms with Gasteiger partial charge in [0, 0.05) is 7.05 Å². The number of hydrogen-bond donors (Lipinski definition) is 1. The second-order valence-electron chi connectivity index (χ2n) is 3.65. The van der Waals surface area contributed by atoms with Crippen LogP contribution < -0.4 is 9.64 Å². The summed E-state index contributed by atoms with van der Waals surface area (Å²) >= 11 is 0. The van der Waals surface area contributed by atoms with Gasteiger partial charge in [-0.25, -0.2) is 4.79 Å². The second-order valence-corrected chi connectivity index (χ2v) is 3.65. The van der Waals surface area contributed by atoms with E-state index < -0.39 is 6.09 Å². The van der Waals surface area contributed by atoms with Crippen molar-refractivity contribution < 1.29 is 14.6 Å². The quantitative estimate of drug-likeness (QED) is 0.853. The van der Waals surface area contributed by atoms with Gasteiger partial charge in [0.05, 0.1) is 11.8 Å². The van der Waals surface area contributed by atoms with Gasteiger partial charge in [-0.2, -0.15) is 0 Å². The molecular formula is C12H17NO3. The number of carbonyl (C=O) groups is 1. The highest BCUT2D eigenvalue weighted by atomic mass is 16.5. The van der Waals surface area contributed by atoms with Gasteiger partial charge in [-0.1, -0.05) is 19.1 Å². The summed E-state index contributed by atoms with van der Waals surface area (Å²) in [5.74, 6) is 0.599. The number of ether oxygens (including phenoxy) is 1. The fraction of sp³-hybridized carbons (Fsp3) is 0.417. The molecule has 0 radical (unpaired) electrons. The third kappa shape index (κ3) is 2.89. The predicted molar refractivity (Wildman–Crippen MR) is 63.3 cm³/mol. The van der Waals surface area contributed by atoms with E-state index in [0.717, 1.165) is 11.3 Å². The molecule has 1 atom stereocenters. The van der Waals surface area contributed by atoms with Crippen LogP contribution in [0.4, 0.5) is 10.5 Å². The molecule has 0 saturated carbocycles. The summed E-state index contributed by atoms with van der Waals surface area (Å²) in [6.45, 7) is 3.98. The Morgan fingerprint density at radius 3 is 2.69 bits per heavy atom. The summed E-state index contributed by atoms with van der Waals surface area (Å²) in [6, 6.07) is 7.13. The highest BCUT2D eigenvalue weighted by Gasteiger charge is 2.14. The van der Waals surface area contributed by atoms with Crippen LogP contribution in [0, 0.1) is 0 Å². The van der Waals surface area contributed by atoms with Crippen molar-refractivity contribution in [1.82, 2.24) is 0 Å². The van der Waals surface area contributed by atoms with Crippen LogP contribution in [-0.2, 0) is 0 Å². The second kappa shape index (κ2) is 5.39. The highest BCUT2D eigenvalue weighted by Crippen LogP contribution is 2.28. The van der Waals surface area contributed by atoms with Gasteiger partial charge in [0.25, 0.3) is 0 Å². The lowest BCUT2D eigenvalue weighted by atomic mass is 10.2. The Bertz CT molecular complexity index is 365. The van der Waals surface area contributed by atoms with E-state index in [9.17, 15) is 4.79 Å². The van der Waals surface area contributed by atoms with E-state index in [0.29, 0.717) is 11.4 Å². The van der Waals surface area contributed by atoms with Crippen molar-refractivity contribution in [3.8, 4) is 5.75 Å². The number of benzene rings is 1. The van der Waals surface area contributed by atoms with Crippen LogP contribution in [0.3, 0.4) is 0 Å². The molecule has 1 unspecified atom stereocenters. The standard InChI is InChI=1S/C12H17NO3/c1-4-9(2)16-11-8-6-5-7-10(11)13(3)12(14)15/h5-9H,4H2,1-3H3,(H,14,15). The summed E-state index contributed by atoms with van der Waals surface area (Å²) in [6.07, 6.45) is -0.0472. The minimum absolute atomic E-state index is 0.0725. The molecule has 0 spiro atoms. The third-order valence-electron chi connectivity index (χ3n) is 2.42. The van der Waals surface area contributed by atoms with Crippen LogP contribution in [-0.4, -0.2) is 24.4 Å². The Balaban J connectivity index is 2.95. The van der Waals surface area contributed by atoms with Crippen molar-refractivity contribution in [3.05, 3.63) is 24.3 Å². The summed E-state index contributed by atoms with van der Waals surface area (Å²) in [5.41, 5.74) is 0.565. The van der Waals surface area contributed by atoms with Gasteiger partial charge < -0.3 is 9.84 Å². The predicted octanol–water partition coefficient (Wildman–Crippen LogP) is 2.98. The first-order chi connectivity index (χ1) is 7.56. The Labute approximate surface area is 95.5 Å². The number of nitrogens with zero attached hydrogens (tertiary/aromatic N) is 1. The maximum Gasteiger partial charge on any atom is 0.411 e. The molecule has 1 rings (SSSR count). The zero-order valence-corrected chi connectivity index (χ0v) is 9.80. The van der Waals surface area contributed by atoms with Gasteiger partial charge in [0.15, 0.2) is 0 Å². The van der Waals surface area contributed by atoms with E-state index in [1.54, 1.807) is 18.2 Å². The summed E-state index contributed by atoms with van der Waals surface area (Å²) in [7, 11) is 1.50. The number of rotatable bonds is 4. The van der Waals surface area contributed by atoms with Crippen LogP contribution >= 0.6 is 0 Å². The normalized spacial score (nSPS) is 11.9. The molecule has 0 fully saturated rings. The zero-order valence-electron chi connectivity index (χ0n) is 9.80. The molecule has 4 heteroatoms. The largest absolute Gasteiger partial charge is 0.489 e. The molecule has 0 aromatic heterocycles. The minimum atomic E-state index is -1.000. The van der Waals surface area contributed by atoms with Crippen molar-refractivity contribution >= 4 is 11.8 Å². The molecule has 0 aliphatic rings. The molecule has 16 heavy (non-hydrogen) atoms. The lowest BCUT2D eigenvalue weighted by molar-refractivity contribution is 0.201. The average Bonchev–Trinajstić information content (AvgIpc) is 2.28. The van der Waals surface area contributed by atoms with E-state index >= 15 is 0 Å². The average molecular weight is 223 g/mol. The molecule has 1 aromatic rings. The Kier molecular flexibility index (Phi) is 4.17. The van der Waals surface area contributed by atoms with Gasteiger partial charge >= 0.3 is 6.09 Å². The molecule has 4 nitrogen and oxygen atoms in total. The van der Waals surface area contributed by atoms with E-state index in [1.807, 2.05) is 19.9 Å². The lowest BCUT2D eigenvalue weighted by Gasteiger charge is -2.20. The van der Waals surface area contributed by atoms with Crippen LogP contribution in [0.15, 0.2) is 24.3 Å². The summed E-state index contributed by atoms with van der Waals surface area (Å²) < 4.78 is 5.66. The first-order valence-corrected chi connectivity index (χ1v) is 5.28. The monoisotopic (exact) mass is 223 g/mol. The van der Waals surface area contributed by atoms with Gasteiger partial charge in [0.2, 0.25) is 0 Å². The first kappa shape index (κ1) is 12.4. The molecule has 0 aliphatic heterocycles. The minimum Gasteiger partial charge on any atom is -0.489 e. The molecule has 88 valence electrons. The van der Waals surface area contributed by atoms with Crippen molar-refractivity contribution in [2.24, 2.45) is 0 Å². The maximum atomic E-state index is 10.9. The van der Waals surface area contributed by atoms with Crippen LogP contribution in [0.2, 0.25) is 0 Å². The number of amides is 1. The Morgan fingerprint density at radius 1 is 1.50 bits per heavy atom. The van der Waals surface area contributed by atoms with Crippen molar-refractivity contribution in [3.63, 3.8) is 0 Å². The molecule has 0 aliphatic carbocycles. The zero-order chi connectivity index (χ0) is 12.1. The van der Waals surface area contributed by atoms with Crippen molar-refractivity contribution in [1.29, 1.82) is 0 Å². The molecule has 1 aromatic carbocycles. The number of para-hydroxylation sites is 2. The molecular weight excluding hydrogens is 206 g/mol. The third-order valence-corrected chi connectivity index (χ3v) is 2.42. The number of anilines is 1. The highest BCUT2D eigenvalue weighted by molar-refractivity contribution is 5.87. The van der Waals surface area contributed by atoms with Gasteiger partial charge in [-0.3, -0.25) is 4.90 Å². The van der Waals surface area contributed by atoms with Gasteiger partial charge in [-0.05, 0) is 25.5 Å². The van der Waals surface area contributed by atoms with Crippen LogP contribution in [0.25, 0.3) is 0 Å². The molecule has 0 saturated heterocycles. The molecule has 0 bridgehead atoms. The SMILES string of the molecule is CCC(C)Oc1ccccc1N(C)C(=O)O. The number of carboxylic acid groups (broad SMARTS) is 1. The summed E-state index contributed by atoms with van der Waals surface area (Å²) in [5, 5.41) is 8.92. The van der Waals surface area contributed by atoms with Crippen LogP contribution in [0.1, 0.15) is 20.3 Å². The fourth-order valence-electron chi connectivity index (χ4n) is 1.24. The van der Waals surface area contributed by atoms with E-state index in [2.05, 4.69) is 0 Å². The molecule has 0 heterocycles. The van der Waals surface area contributed by atoms with Gasteiger partial charge in [-0.15, -0.1) is 0 Å². The number of hydrogen-bond acceptors (Lipinski definition) is 2. The van der Waals surface area contributed by atoms with Crippen molar-refractivity contribution in [2.45, 2.75) is 26.4 Å². The first-order valence-electron chi connectivity index (χ1n) is 5.28. The Hall–Kier alpha value is -1.71. The lowest BCUT2D eigenvalue weighted by Crippen LogP contribution is -2.25. The molecule has 1 N–H and O–H groups in total. The topological polar surface area (TPSA) is 49.8 Å². The van der Waals surface area contributed by atoms with Crippen LogP contribution in [0.5, 0.6) is 5.75 Å². The van der Waals surface area contributed by atoms with Gasteiger partial charge in [0.1, 0.15) is 5.75 Å². The summed E-state index contributed by atoms with van der Waals surface area (Å²) in [4.78, 5) is 12.0. The maximum absolute atomic E-state index is 10.9. The Morgan fingerprint density at radius 2 is 2.12 bits per heavy atom.